The number of anilines is 1. The van der Waals surface area contributed by atoms with Crippen LogP contribution < -0.4 is 4.90 Å². The van der Waals surface area contributed by atoms with Gasteiger partial charge in [0.25, 0.3) is 5.69 Å². The summed E-state index contributed by atoms with van der Waals surface area (Å²) in [6.45, 7) is 2.69. The van der Waals surface area contributed by atoms with Gasteiger partial charge in [0, 0.05) is 18.2 Å². The van der Waals surface area contributed by atoms with Crippen molar-refractivity contribution in [3.63, 3.8) is 0 Å². The molecule has 0 saturated carbocycles. The second-order valence-corrected chi connectivity index (χ2v) is 4.57. The first-order valence-electron chi connectivity index (χ1n) is 5.40. The fourth-order valence-electron chi connectivity index (χ4n) is 1.56. The van der Waals surface area contributed by atoms with Gasteiger partial charge in [-0.15, -0.1) is 0 Å². The summed E-state index contributed by atoms with van der Waals surface area (Å²) in [7, 11) is 0. The molecule has 0 aromatic heterocycles. The molecule has 1 aromatic carbocycles. The lowest BCUT2D eigenvalue weighted by molar-refractivity contribution is -0.384. The van der Waals surface area contributed by atoms with Crippen molar-refractivity contribution in [3.8, 4) is 0 Å². The molecule has 0 spiro atoms. The second kappa shape index (κ2) is 5.66. The average Bonchev–Trinajstić information content (AvgIpc) is 2.29. The van der Waals surface area contributed by atoms with Crippen molar-refractivity contribution in [2.24, 2.45) is 0 Å². The highest BCUT2D eigenvalue weighted by Crippen LogP contribution is 2.34. The molecule has 110 valence electrons. The molecule has 1 aromatic rings. The van der Waals surface area contributed by atoms with Crippen LogP contribution in [0, 0.1) is 10.1 Å². The first-order chi connectivity index (χ1) is 9.05. The van der Waals surface area contributed by atoms with Crippen LogP contribution in [0.25, 0.3) is 0 Å². The van der Waals surface area contributed by atoms with Crippen LogP contribution in [0.2, 0.25) is 5.02 Å². The number of nitro benzene ring substituents is 1. The van der Waals surface area contributed by atoms with Gasteiger partial charge in [0.1, 0.15) is 0 Å². The Morgan fingerprint density at radius 1 is 1.40 bits per heavy atom. The first kappa shape index (κ1) is 16.2. The molecule has 0 saturated heterocycles. The Bertz CT molecular complexity index is 546. The molecule has 0 aliphatic rings. The molecule has 0 aliphatic heterocycles. The summed E-state index contributed by atoms with van der Waals surface area (Å²) in [4.78, 5) is 21.7. The lowest BCUT2D eigenvalue weighted by atomic mass is 10.2. The monoisotopic (exact) mass is 310 g/mol. The summed E-state index contributed by atoms with van der Waals surface area (Å²) in [5, 5.41) is 10.5. The fraction of sp³-hybridized carbons (Fsp3) is 0.364. The molecule has 0 N–H and O–H groups in total. The molecule has 0 unspecified atom stereocenters. The molecule has 0 fully saturated rings. The number of rotatable bonds is 3. The maximum absolute atomic E-state index is 12.6. The topological polar surface area (TPSA) is 63.5 Å². The number of nitro groups is 1. The molecule has 1 rings (SSSR count). The third-order valence-electron chi connectivity index (χ3n) is 2.38. The number of alkyl halides is 3. The van der Waals surface area contributed by atoms with Gasteiger partial charge >= 0.3 is 12.1 Å². The van der Waals surface area contributed by atoms with Gasteiger partial charge in [-0.3, -0.25) is 14.9 Å². The van der Waals surface area contributed by atoms with Gasteiger partial charge in [0.05, 0.1) is 15.6 Å². The number of hydrogen-bond acceptors (Lipinski definition) is 3. The third-order valence-corrected chi connectivity index (χ3v) is 2.70. The molecular weight excluding hydrogens is 301 g/mol. The molecule has 0 heterocycles. The lowest BCUT2D eigenvalue weighted by Gasteiger charge is -2.28. The van der Waals surface area contributed by atoms with E-state index in [0.717, 1.165) is 18.2 Å². The maximum Gasteiger partial charge on any atom is 0.471 e. The van der Waals surface area contributed by atoms with Gasteiger partial charge in [0.15, 0.2) is 0 Å². The molecule has 0 radical (unpaired) electrons. The van der Waals surface area contributed by atoms with Crippen LogP contribution in [-0.4, -0.2) is 23.0 Å². The van der Waals surface area contributed by atoms with E-state index in [9.17, 15) is 28.1 Å². The minimum absolute atomic E-state index is 0.179. The van der Waals surface area contributed by atoms with Crippen molar-refractivity contribution in [2.45, 2.75) is 26.1 Å². The van der Waals surface area contributed by atoms with Crippen molar-refractivity contribution >= 4 is 28.9 Å². The minimum atomic E-state index is -5.10. The second-order valence-electron chi connectivity index (χ2n) is 4.16. The summed E-state index contributed by atoms with van der Waals surface area (Å²) in [6.07, 6.45) is -5.10. The highest BCUT2D eigenvalue weighted by Gasteiger charge is 2.44. The highest BCUT2D eigenvalue weighted by atomic mass is 35.5. The van der Waals surface area contributed by atoms with Crippen LogP contribution in [0.3, 0.4) is 0 Å². The van der Waals surface area contributed by atoms with Crippen molar-refractivity contribution in [1.29, 1.82) is 0 Å². The number of hydrogen-bond donors (Lipinski definition) is 0. The van der Waals surface area contributed by atoms with E-state index < -0.39 is 28.7 Å². The summed E-state index contributed by atoms with van der Waals surface area (Å²) in [5.74, 6) is -2.13. The number of halogens is 4. The lowest BCUT2D eigenvalue weighted by Crippen LogP contribution is -2.45. The van der Waals surface area contributed by atoms with E-state index in [0.29, 0.717) is 4.90 Å². The van der Waals surface area contributed by atoms with Gasteiger partial charge in [-0.05, 0) is 19.9 Å². The van der Waals surface area contributed by atoms with E-state index >= 15 is 0 Å². The molecule has 0 bridgehead atoms. The number of amides is 1. The van der Waals surface area contributed by atoms with Crippen LogP contribution in [0.1, 0.15) is 13.8 Å². The molecular formula is C11H10ClF3N2O3. The smallest absolute Gasteiger partial charge is 0.300 e. The SMILES string of the molecule is CC(C)N(C(=O)C(F)(F)F)c1cc([N+](=O)[O-])ccc1Cl. The molecule has 0 aliphatic carbocycles. The molecule has 9 heteroatoms. The Balaban J connectivity index is 3.39. The van der Waals surface area contributed by atoms with E-state index in [1.54, 1.807) is 0 Å². The van der Waals surface area contributed by atoms with Crippen LogP contribution in [-0.2, 0) is 4.79 Å². The number of carbonyl (C=O) groups is 1. The van der Waals surface area contributed by atoms with E-state index in [-0.39, 0.29) is 10.7 Å². The minimum Gasteiger partial charge on any atom is -0.300 e. The molecule has 5 nitrogen and oxygen atoms in total. The van der Waals surface area contributed by atoms with Gasteiger partial charge < -0.3 is 4.90 Å². The van der Waals surface area contributed by atoms with Crippen molar-refractivity contribution < 1.29 is 22.9 Å². The normalized spacial score (nSPS) is 11.6. The standard InChI is InChI=1S/C11H10ClF3N2O3/c1-6(2)16(10(18)11(13,14)15)9-5-7(17(19)20)3-4-8(9)12/h3-6H,1-2H3. The van der Waals surface area contributed by atoms with E-state index in [4.69, 9.17) is 11.6 Å². The predicted molar refractivity (Wildman–Crippen MR) is 66.8 cm³/mol. The number of non-ortho nitro benzene ring substituents is 1. The first-order valence-corrected chi connectivity index (χ1v) is 5.77. The Morgan fingerprint density at radius 2 is 1.95 bits per heavy atom. The Labute approximate surface area is 117 Å². The number of benzene rings is 1. The van der Waals surface area contributed by atoms with Crippen molar-refractivity contribution in [2.75, 3.05) is 4.90 Å². The van der Waals surface area contributed by atoms with E-state index in [2.05, 4.69) is 0 Å². The number of nitrogens with zero attached hydrogens (tertiary/aromatic N) is 2. The Morgan fingerprint density at radius 3 is 2.35 bits per heavy atom. The zero-order valence-electron chi connectivity index (χ0n) is 10.4. The third kappa shape index (κ3) is 3.38. The highest BCUT2D eigenvalue weighted by molar-refractivity contribution is 6.34. The summed E-state index contributed by atoms with van der Waals surface area (Å²) >= 11 is 5.75. The molecule has 1 amide bonds. The van der Waals surface area contributed by atoms with Crippen LogP contribution in [0.5, 0.6) is 0 Å². The molecule has 0 atom stereocenters. The molecule has 20 heavy (non-hydrogen) atoms. The van der Waals surface area contributed by atoms with Crippen LogP contribution in [0.15, 0.2) is 18.2 Å². The van der Waals surface area contributed by atoms with Crippen LogP contribution in [0.4, 0.5) is 24.5 Å². The number of carbonyl (C=O) groups excluding carboxylic acids is 1. The predicted octanol–water partition coefficient (Wildman–Crippen LogP) is 3.55. The maximum atomic E-state index is 12.6. The van der Waals surface area contributed by atoms with E-state index in [1.807, 2.05) is 0 Å². The quantitative estimate of drug-likeness (QED) is 0.633. The summed E-state index contributed by atoms with van der Waals surface area (Å²) in [5.41, 5.74) is -0.803. The zero-order valence-corrected chi connectivity index (χ0v) is 11.2. The largest absolute Gasteiger partial charge is 0.471 e. The zero-order chi connectivity index (χ0) is 15.7. The van der Waals surface area contributed by atoms with Gasteiger partial charge in [-0.1, -0.05) is 11.6 Å². The van der Waals surface area contributed by atoms with Crippen molar-refractivity contribution in [1.82, 2.24) is 0 Å². The summed E-state index contributed by atoms with van der Waals surface area (Å²) < 4.78 is 37.7. The average molecular weight is 311 g/mol. The van der Waals surface area contributed by atoms with Gasteiger partial charge in [0.2, 0.25) is 0 Å². The van der Waals surface area contributed by atoms with Crippen molar-refractivity contribution in [3.05, 3.63) is 33.3 Å². The fourth-order valence-corrected chi connectivity index (χ4v) is 1.77. The van der Waals surface area contributed by atoms with Gasteiger partial charge in [-0.2, -0.15) is 13.2 Å². The van der Waals surface area contributed by atoms with Gasteiger partial charge in [-0.25, -0.2) is 0 Å². The Kier molecular flexibility index (Phi) is 4.59. The van der Waals surface area contributed by atoms with Crippen LogP contribution >= 0.6 is 11.6 Å². The summed E-state index contributed by atoms with van der Waals surface area (Å²) in [6, 6.07) is 2.09. The Hall–Kier alpha value is -1.83. The van der Waals surface area contributed by atoms with E-state index in [1.165, 1.54) is 13.8 Å².